The summed E-state index contributed by atoms with van der Waals surface area (Å²) in [4.78, 5) is 28.6. The van der Waals surface area contributed by atoms with Gasteiger partial charge in [-0.25, -0.2) is 18.6 Å². The minimum atomic E-state index is -2.66. The first kappa shape index (κ1) is 16.9. The number of anilines is 1. The molecule has 1 fully saturated rings. The molecule has 1 aliphatic heterocycles. The number of amides is 2. The number of aliphatic carboxylic acids is 1. The van der Waals surface area contributed by atoms with Crippen molar-refractivity contribution in [3.8, 4) is 5.88 Å². The Balaban J connectivity index is 2.02. The van der Waals surface area contributed by atoms with Gasteiger partial charge in [0.1, 0.15) is 5.69 Å². The summed E-state index contributed by atoms with van der Waals surface area (Å²) < 4.78 is 29.3. The van der Waals surface area contributed by atoms with Crippen molar-refractivity contribution in [3.63, 3.8) is 0 Å². The summed E-state index contributed by atoms with van der Waals surface area (Å²) in [5.41, 5.74) is -0.830. The zero-order valence-corrected chi connectivity index (χ0v) is 12.5. The second-order valence-corrected chi connectivity index (χ2v) is 5.53. The van der Waals surface area contributed by atoms with E-state index in [4.69, 9.17) is 9.84 Å². The molecular weight excluding hydrogens is 312 g/mol. The largest absolute Gasteiger partial charge is 0.481 e. The average molecular weight is 329 g/mol. The molecule has 0 aliphatic carbocycles. The maximum absolute atomic E-state index is 12.2. The molecule has 1 atom stereocenters. The van der Waals surface area contributed by atoms with Gasteiger partial charge in [-0.05, 0) is 25.5 Å². The number of urea groups is 1. The highest BCUT2D eigenvalue weighted by Gasteiger charge is 2.42. The summed E-state index contributed by atoms with van der Waals surface area (Å²) in [7, 11) is 0. The Morgan fingerprint density at radius 1 is 1.57 bits per heavy atom. The maximum Gasteiger partial charge on any atom is 0.322 e. The summed E-state index contributed by atoms with van der Waals surface area (Å²) >= 11 is 0. The SMILES string of the molecule is CC1(C(=O)O)CCN(C(=O)Nc2cccnc2OCC(F)F)C1. The third-order valence-corrected chi connectivity index (χ3v) is 3.64. The molecule has 126 valence electrons. The molecule has 0 radical (unpaired) electrons. The van der Waals surface area contributed by atoms with Gasteiger partial charge in [-0.1, -0.05) is 0 Å². The number of carbonyl (C=O) groups excluding carboxylic acids is 1. The van der Waals surface area contributed by atoms with Crippen molar-refractivity contribution >= 4 is 17.7 Å². The fourth-order valence-corrected chi connectivity index (χ4v) is 2.25. The van der Waals surface area contributed by atoms with Gasteiger partial charge >= 0.3 is 12.0 Å². The number of carboxylic acids is 1. The number of alkyl halides is 2. The number of pyridine rings is 1. The fourth-order valence-electron chi connectivity index (χ4n) is 2.25. The summed E-state index contributed by atoms with van der Waals surface area (Å²) in [5.74, 6) is -1.07. The Kier molecular flexibility index (Phi) is 4.97. The van der Waals surface area contributed by atoms with Crippen molar-refractivity contribution < 1.29 is 28.2 Å². The van der Waals surface area contributed by atoms with Crippen LogP contribution in [-0.2, 0) is 4.79 Å². The first-order chi connectivity index (χ1) is 10.8. The number of hydrogen-bond donors (Lipinski definition) is 2. The van der Waals surface area contributed by atoms with E-state index >= 15 is 0 Å². The Morgan fingerprint density at radius 2 is 2.30 bits per heavy atom. The zero-order valence-electron chi connectivity index (χ0n) is 12.5. The molecule has 2 rings (SSSR count). The van der Waals surface area contributed by atoms with Crippen LogP contribution in [0.4, 0.5) is 19.3 Å². The zero-order chi connectivity index (χ0) is 17.0. The van der Waals surface area contributed by atoms with Crippen molar-refractivity contribution in [1.29, 1.82) is 0 Å². The van der Waals surface area contributed by atoms with Crippen LogP contribution < -0.4 is 10.1 Å². The molecule has 0 saturated carbocycles. The van der Waals surface area contributed by atoms with Gasteiger partial charge in [0.2, 0.25) is 5.88 Å². The Labute approximate surface area is 131 Å². The number of carboxylic acid groups (broad SMARTS) is 1. The number of carbonyl (C=O) groups is 2. The Bertz CT molecular complexity index is 599. The number of nitrogens with zero attached hydrogens (tertiary/aromatic N) is 2. The molecule has 1 unspecified atom stereocenters. The predicted molar refractivity (Wildman–Crippen MR) is 76.7 cm³/mol. The van der Waals surface area contributed by atoms with Crippen molar-refractivity contribution in [2.75, 3.05) is 25.0 Å². The monoisotopic (exact) mass is 329 g/mol. The summed E-state index contributed by atoms with van der Waals surface area (Å²) in [6.07, 6.45) is -0.957. The van der Waals surface area contributed by atoms with Crippen LogP contribution in [0.5, 0.6) is 5.88 Å². The van der Waals surface area contributed by atoms with Crippen LogP contribution in [0.2, 0.25) is 0 Å². The van der Waals surface area contributed by atoms with Gasteiger partial charge in [-0.3, -0.25) is 4.79 Å². The van der Waals surface area contributed by atoms with Gasteiger partial charge in [0.15, 0.2) is 6.61 Å². The standard InChI is InChI=1S/C14H17F2N3O4/c1-14(12(20)21)4-6-19(8-14)13(22)18-9-3-2-5-17-11(9)23-7-10(15)16/h2-3,5,10H,4,6-8H2,1H3,(H,18,22)(H,20,21). The van der Waals surface area contributed by atoms with Crippen molar-refractivity contribution in [3.05, 3.63) is 18.3 Å². The van der Waals surface area contributed by atoms with Gasteiger partial charge in [-0.2, -0.15) is 0 Å². The topological polar surface area (TPSA) is 91.8 Å². The summed E-state index contributed by atoms with van der Waals surface area (Å²) in [6.45, 7) is 1.11. The predicted octanol–water partition coefficient (Wildman–Crippen LogP) is 2.05. The molecule has 9 heteroatoms. The third kappa shape index (κ3) is 4.05. The average Bonchev–Trinajstić information content (AvgIpc) is 2.90. The first-order valence-corrected chi connectivity index (χ1v) is 6.97. The van der Waals surface area contributed by atoms with Crippen LogP contribution in [0.3, 0.4) is 0 Å². The lowest BCUT2D eigenvalue weighted by Gasteiger charge is -2.21. The molecule has 23 heavy (non-hydrogen) atoms. The Hall–Kier alpha value is -2.45. The number of rotatable bonds is 5. The van der Waals surface area contributed by atoms with Crippen molar-refractivity contribution in [1.82, 2.24) is 9.88 Å². The van der Waals surface area contributed by atoms with Gasteiger partial charge in [0.05, 0.1) is 5.41 Å². The van der Waals surface area contributed by atoms with Gasteiger partial charge in [-0.15, -0.1) is 0 Å². The number of nitrogens with one attached hydrogen (secondary N) is 1. The third-order valence-electron chi connectivity index (χ3n) is 3.64. The highest BCUT2D eigenvalue weighted by Crippen LogP contribution is 2.31. The molecule has 2 heterocycles. The molecule has 2 N–H and O–H groups in total. The van der Waals surface area contributed by atoms with Crippen LogP contribution in [0.15, 0.2) is 18.3 Å². The van der Waals surface area contributed by atoms with Crippen molar-refractivity contribution in [2.24, 2.45) is 5.41 Å². The van der Waals surface area contributed by atoms with E-state index < -0.39 is 30.4 Å². The van der Waals surface area contributed by atoms with E-state index in [1.54, 1.807) is 6.92 Å². The van der Waals surface area contributed by atoms with Crippen LogP contribution in [0.25, 0.3) is 0 Å². The van der Waals surface area contributed by atoms with Crippen LogP contribution in [0, 0.1) is 5.41 Å². The minimum absolute atomic E-state index is 0.0711. The quantitative estimate of drug-likeness (QED) is 0.863. The van der Waals surface area contributed by atoms with Gasteiger partial charge < -0.3 is 20.1 Å². The molecule has 1 saturated heterocycles. The normalized spacial score (nSPS) is 20.6. The Morgan fingerprint density at radius 3 is 2.91 bits per heavy atom. The lowest BCUT2D eigenvalue weighted by atomic mass is 9.90. The van der Waals surface area contributed by atoms with Crippen molar-refractivity contribution in [2.45, 2.75) is 19.8 Å². The van der Waals surface area contributed by atoms with E-state index in [1.165, 1.54) is 23.2 Å². The smallest absolute Gasteiger partial charge is 0.322 e. The molecule has 0 bridgehead atoms. The fraction of sp³-hybridized carbons (Fsp3) is 0.500. The molecule has 0 spiro atoms. The number of ether oxygens (including phenoxy) is 1. The first-order valence-electron chi connectivity index (χ1n) is 6.97. The maximum atomic E-state index is 12.2. The van der Waals surface area contributed by atoms with E-state index in [2.05, 4.69) is 10.3 Å². The lowest BCUT2D eigenvalue weighted by Crippen LogP contribution is -2.37. The van der Waals surface area contributed by atoms with E-state index in [1.807, 2.05) is 0 Å². The molecular formula is C14H17F2N3O4. The van der Waals surface area contributed by atoms with Crippen LogP contribution in [-0.4, -0.2) is 53.1 Å². The molecule has 1 aliphatic rings. The molecule has 1 aromatic heterocycles. The lowest BCUT2D eigenvalue weighted by molar-refractivity contribution is -0.146. The second-order valence-electron chi connectivity index (χ2n) is 5.53. The summed E-state index contributed by atoms with van der Waals surface area (Å²) in [5, 5.41) is 11.7. The van der Waals surface area contributed by atoms with Gasteiger partial charge in [0, 0.05) is 19.3 Å². The highest BCUT2D eigenvalue weighted by atomic mass is 19.3. The highest BCUT2D eigenvalue weighted by molar-refractivity contribution is 5.91. The van der Waals surface area contributed by atoms with E-state index in [0.717, 1.165) is 0 Å². The van der Waals surface area contributed by atoms with E-state index in [-0.39, 0.29) is 18.1 Å². The van der Waals surface area contributed by atoms with Crippen LogP contribution in [0.1, 0.15) is 13.3 Å². The van der Waals surface area contributed by atoms with Crippen LogP contribution >= 0.6 is 0 Å². The summed E-state index contributed by atoms with van der Waals surface area (Å²) in [6, 6.07) is 2.47. The van der Waals surface area contributed by atoms with E-state index in [9.17, 15) is 18.4 Å². The molecule has 7 nitrogen and oxygen atoms in total. The van der Waals surface area contributed by atoms with E-state index in [0.29, 0.717) is 13.0 Å². The molecule has 1 aromatic rings. The minimum Gasteiger partial charge on any atom is -0.481 e. The number of likely N-dealkylation sites (tertiary alicyclic amines) is 1. The molecule has 2 amide bonds. The second kappa shape index (κ2) is 6.76. The number of halogens is 2. The molecule has 0 aromatic carbocycles. The van der Waals surface area contributed by atoms with Gasteiger partial charge in [0.25, 0.3) is 6.43 Å². The number of hydrogen-bond acceptors (Lipinski definition) is 4. The number of aromatic nitrogens is 1.